The molecule has 92 valence electrons. The lowest BCUT2D eigenvalue weighted by Crippen LogP contribution is -2.32. The van der Waals surface area contributed by atoms with Crippen molar-refractivity contribution in [2.75, 3.05) is 11.9 Å². The Labute approximate surface area is 106 Å². The Kier molecular flexibility index (Phi) is 2.72. The van der Waals surface area contributed by atoms with E-state index in [4.69, 9.17) is 0 Å². The third kappa shape index (κ3) is 1.95. The van der Waals surface area contributed by atoms with Crippen molar-refractivity contribution >= 4 is 5.95 Å². The van der Waals surface area contributed by atoms with Crippen LogP contribution in [0.2, 0.25) is 0 Å². The van der Waals surface area contributed by atoms with Crippen LogP contribution in [0.3, 0.4) is 0 Å². The number of aromatic nitrogens is 2. The fourth-order valence-electron chi connectivity index (χ4n) is 2.47. The Morgan fingerprint density at radius 3 is 2.78 bits per heavy atom. The van der Waals surface area contributed by atoms with E-state index in [9.17, 15) is 5.11 Å². The highest BCUT2D eigenvalue weighted by Crippen LogP contribution is 2.36. The predicted molar refractivity (Wildman–Crippen MR) is 69.2 cm³/mol. The molecular formula is C14H15N3O. The van der Waals surface area contributed by atoms with Gasteiger partial charge in [-0.05, 0) is 30.0 Å². The van der Waals surface area contributed by atoms with Crippen LogP contribution in [-0.2, 0) is 12.0 Å². The van der Waals surface area contributed by atoms with Crippen LogP contribution in [0.15, 0.2) is 42.7 Å². The number of anilines is 1. The third-order valence-electron chi connectivity index (χ3n) is 3.43. The molecule has 18 heavy (non-hydrogen) atoms. The number of aryl methyl sites for hydroxylation is 1. The molecule has 0 spiro atoms. The molecule has 0 saturated heterocycles. The first-order valence-electron chi connectivity index (χ1n) is 6.10. The number of fused-ring (bicyclic) bond motifs is 1. The minimum atomic E-state index is -0.810. The molecule has 0 radical (unpaired) electrons. The van der Waals surface area contributed by atoms with Gasteiger partial charge in [0.2, 0.25) is 5.95 Å². The molecule has 3 rings (SSSR count). The van der Waals surface area contributed by atoms with Crippen LogP contribution in [0.25, 0.3) is 0 Å². The van der Waals surface area contributed by atoms with E-state index in [0.29, 0.717) is 12.5 Å². The second kappa shape index (κ2) is 4.38. The lowest BCUT2D eigenvalue weighted by molar-refractivity contribution is 0.0525. The fraction of sp³-hybridized carbons (Fsp3) is 0.286. The van der Waals surface area contributed by atoms with Gasteiger partial charge in [-0.15, -0.1) is 0 Å². The molecule has 0 amide bonds. The van der Waals surface area contributed by atoms with Crippen molar-refractivity contribution in [1.29, 1.82) is 0 Å². The van der Waals surface area contributed by atoms with E-state index in [1.165, 1.54) is 5.56 Å². The molecule has 1 unspecified atom stereocenters. The van der Waals surface area contributed by atoms with Crippen LogP contribution >= 0.6 is 0 Å². The van der Waals surface area contributed by atoms with Crippen LogP contribution in [0.1, 0.15) is 17.5 Å². The van der Waals surface area contributed by atoms with Crippen LogP contribution in [0, 0.1) is 0 Å². The fourth-order valence-corrected chi connectivity index (χ4v) is 2.47. The Bertz CT molecular complexity index is 544. The van der Waals surface area contributed by atoms with Gasteiger partial charge < -0.3 is 10.4 Å². The summed E-state index contributed by atoms with van der Waals surface area (Å²) in [6, 6.07) is 9.82. The smallest absolute Gasteiger partial charge is 0.222 e. The van der Waals surface area contributed by atoms with Gasteiger partial charge in [-0.2, -0.15) is 0 Å². The molecule has 1 aliphatic rings. The van der Waals surface area contributed by atoms with Crippen LogP contribution in [0.5, 0.6) is 0 Å². The number of benzene rings is 1. The quantitative estimate of drug-likeness (QED) is 0.859. The first kappa shape index (κ1) is 11.2. The summed E-state index contributed by atoms with van der Waals surface area (Å²) in [7, 11) is 0. The van der Waals surface area contributed by atoms with Crippen molar-refractivity contribution in [3.05, 3.63) is 53.9 Å². The second-order valence-corrected chi connectivity index (χ2v) is 4.61. The van der Waals surface area contributed by atoms with Gasteiger partial charge in [0.1, 0.15) is 5.60 Å². The number of nitrogens with one attached hydrogen (secondary N) is 1. The van der Waals surface area contributed by atoms with Crippen LogP contribution in [0.4, 0.5) is 5.95 Å². The van der Waals surface area contributed by atoms with Crippen LogP contribution < -0.4 is 5.32 Å². The molecule has 1 aromatic carbocycles. The van der Waals surface area contributed by atoms with Crippen molar-refractivity contribution in [2.24, 2.45) is 0 Å². The van der Waals surface area contributed by atoms with E-state index < -0.39 is 5.60 Å². The van der Waals surface area contributed by atoms with E-state index in [0.717, 1.165) is 18.4 Å². The minimum absolute atomic E-state index is 0.439. The molecule has 1 heterocycles. The van der Waals surface area contributed by atoms with Gasteiger partial charge in [-0.1, -0.05) is 24.3 Å². The third-order valence-corrected chi connectivity index (χ3v) is 3.43. The van der Waals surface area contributed by atoms with E-state index in [2.05, 4.69) is 21.4 Å². The molecule has 2 N–H and O–H groups in total. The van der Waals surface area contributed by atoms with E-state index >= 15 is 0 Å². The molecule has 0 bridgehead atoms. The highest BCUT2D eigenvalue weighted by molar-refractivity contribution is 5.39. The molecule has 1 aromatic heterocycles. The summed E-state index contributed by atoms with van der Waals surface area (Å²) >= 11 is 0. The summed E-state index contributed by atoms with van der Waals surface area (Å²) in [6.45, 7) is 0.439. The maximum Gasteiger partial charge on any atom is 0.222 e. The minimum Gasteiger partial charge on any atom is -0.383 e. The highest BCUT2D eigenvalue weighted by atomic mass is 16.3. The average Bonchev–Trinajstić information content (AvgIpc) is 2.77. The molecule has 2 aromatic rings. The van der Waals surface area contributed by atoms with Gasteiger partial charge in [0.25, 0.3) is 0 Å². The summed E-state index contributed by atoms with van der Waals surface area (Å²) in [6.07, 6.45) is 5.03. The van der Waals surface area contributed by atoms with Crippen molar-refractivity contribution in [3.63, 3.8) is 0 Å². The number of hydrogen-bond donors (Lipinski definition) is 2. The van der Waals surface area contributed by atoms with Gasteiger partial charge in [0.15, 0.2) is 0 Å². The second-order valence-electron chi connectivity index (χ2n) is 4.61. The van der Waals surface area contributed by atoms with Crippen molar-refractivity contribution in [3.8, 4) is 0 Å². The number of aliphatic hydroxyl groups is 1. The van der Waals surface area contributed by atoms with Crippen molar-refractivity contribution in [2.45, 2.75) is 18.4 Å². The van der Waals surface area contributed by atoms with Crippen molar-refractivity contribution in [1.82, 2.24) is 9.97 Å². The summed E-state index contributed by atoms with van der Waals surface area (Å²) in [5, 5.41) is 13.8. The van der Waals surface area contributed by atoms with Gasteiger partial charge in [0.05, 0.1) is 6.54 Å². The van der Waals surface area contributed by atoms with E-state index in [-0.39, 0.29) is 0 Å². The van der Waals surface area contributed by atoms with Gasteiger partial charge in [-0.3, -0.25) is 0 Å². The Morgan fingerprint density at radius 1 is 1.17 bits per heavy atom. The molecule has 4 heteroatoms. The Morgan fingerprint density at radius 2 is 1.94 bits per heavy atom. The van der Waals surface area contributed by atoms with Crippen molar-refractivity contribution < 1.29 is 5.11 Å². The lowest BCUT2D eigenvalue weighted by Gasteiger charge is -2.24. The maximum absolute atomic E-state index is 10.7. The average molecular weight is 241 g/mol. The van der Waals surface area contributed by atoms with Gasteiger partial charge >= 0.3 is 0 Å². The van der Waals surface area contributed by atoms with Crippen LogP contribution in [-0.4, -0.2) is 21.6 Å². The largest absolute Gasteiger partial charge is 0.383 e. The summed E-state index contributed by atoms with van der Waals surface area (Å²) in [5.41, 5.74) is 1.44. The number of nitrogens with zero attached hydrogens (tertiary/aromatic N) is 2. The summed E-state index contributed by atoms with van der Waals surface area (Å²) in [5.74, 6) is 0.551. The number of hydrogen-bond acceptors (Lipinski definition) is 4. The molecule has 0 fully saturated rings. The first-order valence-corrected chi connectivity index (χ1v) is 6.10. The molecule has 0 aliphatic heterocycles. The normalized spacial score (nSPS) is 21.6. The molecule has 1 aliphatic carbocycles. The Hall–Kier alpha value is -1.94. The summed E-state index contributed by atoms with van der Waals surface area (Å²) in [4.78, 5) is 8.19. The topological polar surface area (TPSA) is 58.0 Å². The number of rotatable bonds is 3. The van der Waals surface area contributed by atoms with E-state index in [1.54, 1.807) is 18.5 Å². The molecule has 1 atom stereocenters. The highest BCUT2D eigenvalue weighted by Gasteiger charge is 2.36. The molecule has 0 saturated carbocycles. The monoisotopic (exact) mass is 241 g/mol. The first-order chi connectivity index (χ1) is 8.78. The zero-order valence-corrected chi connectivity index (χ0v) is 10.0. The van der Waals surface area contributed by atoms with Gasteiger partial charge in [0, 0.05) is 12.4 Å². The van der Waals surface area contributed by atoms with E-state index in [1.807, 2.05) is 18.2 Å². The summed E-state index contributed by atoms with van der Waals surface area (Å²) < 4.78 is 0. The zero-order valence-electron chi connectivity index (χ0n) is 10.0. The Balaban J connectivity index is 1.77. The maximum atomic E-state index is 10.7. The lowest BCUT2D eigenvalue weighted by atomic mass is 9.96. The standard InChI is InChI=1S/C14H15N3O/c18-14(10-17-13-15-8-3-9-16-13)7-6-11-4-1-2-5-12(11)14/h1-5,8-9,18H,6-7,10H2,(H,15,16,17). The molecule has 4 nitrogen and oxygen atoms in total. The predicted octanol–water partition coefficient (Wildman–Crippen LogP) is 1.72. The van der Waals surface area contributed by atoms with Gasteiger partial charge in [-0.25, -0.2) is 9.97 Å². The zero-order chi connectivity index (χ0) is 12.4. The molecular weight excluding hydrogens is 226 g/mol. The SMILES string of the molecule is OC1(CNc2ncccn2)CCc2ccccc21.